The average Bonchev–Trinajstić information content (AvgIpc) is 2.74. The van der Waals surface area contributed by atoms with E-state index in [4.69, 9.17) is 4.74 Å². The third-order valence-corrected chi connectivity index (χ3v) is 5.23. The molecule has 7 nitrogen and oxygen atoms in total. The molecule has 0 N–H and O–H groups in total. The van der Waals surface area contributed by atoms with Crippen LogP contribution in [0.4, 0.5) is 5.69 Å². The van der Waals surface area contributed by atoms with Crippen molar-refractivity contribution >= 4 is 17.5 Å². The van der Waals surface area contributed by atoms with Gasteiger partial charge in [-0.25, -0.2) is 0 Å². The highest BCUT2D eigenvalue weighted by molar-refractivity contribution is 5.95. The lowest BCUT2D eigenvalue weighted by Gasteiger charge is -2.36. The fourth-order valence-corrected chi connectivity index (χ4v) is 3.57. The molecule has 28 heavy (non-hydrogen) atoms. The van der Waals surface area contributed by atoms with Crippen LogP contribution in [0.15, 0.2) is 43.0 Å². The van der Waals surface area contributed by atoms with E-state index in [0.717, 1.165) is 31.9 Å². The molecule has 2 fully saturated rings. The van der Waals surface area contributed by atoms with E-state index in [9.17, 15) is 9.59 Å². The molecule has 0 saturated carbocycles. The Balaban J connectivity index is 1.47. The third kappa shape index (κ3) is 5.64. The first-order valence-corrected chi connectivity index (χ1v) is 9.94. The summed E-state index contributed by atoms with van der Waals surface area (Å²) >= 11 is 0. The van der Waals surface area contributed by atoms with Crippen molar-refractivity contribution in [3.63, 3.8) is 0 Å². The van der Waals surface area contributed by atoms with Gasteiger partial charge in [-0.15, -0.1) is 6.58 Å². The quantitative estimate of drug-likeness (QED) is 0.645. The highest BCUT2D eigenvalue weighted by atomic mass is 16.5. The molecule has 0 aromatic heterocycles. The number of piperazine rings is 1. The Morgan fingerprint density at radius 2 is 1.61 bits per heavy atom. The summed E-state index contributed by atoms with van der Waals surface area (Å²) in [6.45, 7) is 10.9. The number of ether oxygens (including phenoxy) is 1. The van der Waals surface area contributed by atoms with Gasteiger partial charge in [-0.1, -0.05) is 24.3 Å². The first-order valence-electron chi connectivity index (χ1n) is 9.94. The molecule has 0 unspecified atom stereocenters. The number of hydrogen-bond acceptors (Lipinski definition) is 5. The maximum atomic E-state index is 12.8. The molecular weight excluding hydrogens is 356 g/mol. The number of morpholine rings is 1. The van der Waals surface area contributed by atoms with E-state index in [1.807, 2.05) is 35.2 Å². The first kappa shape index (κ1) is 20.5. The zero-order chi connectivity index (χ0) is 19.8. The van der Waals surface area contributed by atoms with Crippen LogP contribution >= 0.6 is 0 Å². The predicted octanol–water partition coefficient (Wildman–Crippen LogP) is 0.682. The van der Waals surface area contributed by atoms with E-state index in [2.05, 4.69) is 16.4 Å². The second kappa shape index (κ2) is 10.4. The molecule has 0 atom stereocenters. The Hall–Kier alpha value is -2.22. The summed E-state index contributed by atoms with van der Waals surface area (Å²) in [4.78, 5) is 33.3. The van der Waals surface area contributed by atoms with Crippen LogP contribution in [-0.2, 0) is 14.3 Å². The second-order valence-electron chi connectivity index (χ2n) is 7.17. The number of hydrogen-bond donors (Lipinski definition) is 0. The average molecular weight is 386 g/mol. The monoisotopic (exact) mass is 386 g/mol. The summed E-state index contributed by atoms with van der Waals surface area (Å²) < 4.78 is 5.33. The number of para-hydroxylation sites is 1. The van der Waals surface area contributed by atoms with Crippen molar-refractivity contribution in [1.82, 2.24) is 14.7 Å². The molecule has 0 spiro atoms. The highest BCUT2D eigenvalue weighted by Crippen LogP contribution is 2.14. The van der Waals surface area contributed by atoms with Gasteiger partial charge < -0.3 is 14.5 Å². The molecule has 2 aliphatic heterocycles. The van der Waals surface area contributed by atoms with Crippen molar-refractivity contribution in [2.45, 2.75) is 0 Å². The molecule has 0 aliphatic carbocycles. The van der Waals surface area contributed by atoms with Gasteiger partial charge in [0.15, 0.2) is 0 Å². The standard InChI is InChI=1S/C21H30N4O3/c1-2-8-25(19-6-4-3-5-7-19)21(27)18-22-9-11-24(12-10-22)20(26)17-23-13-15-28-16-14-23/h2-7H,1,8-18H2. The molecule has 2 aliphatic rings. The molecule has 7 heteroatoms. The lowest BCUT2D eigenvalue weighted by Crippen LogP contribution is -2.54. The summed E-state index contributed by atoms with van der Waals surface area (Å²) in [6.07, 6.45) is 1.74. The van der Waals surface area contributed by atoms with E-state index in [-0.39, 0.29) is 11.8 Å². The molecule has 1 aromatic carbocycles. The zero-order valence-corrected chi connectivity index (χ0v) is 16.5. The smallest absolute Gasteiger partial charge is 0.241 e. The highest BCUT2D eigenvalue weighted by Gasteiger charge is 2.25. The van der Waals surface area contributed by atoms with E-state index in [1.54, 1.807) is 11.0 Å². The summed E-state index contributed by atoms with van der Waals surface area (Å²) in [7, 11) is 0. The number of rotatable bonds is 7. The van der Waals surface area contributed by atoms with Crippen molar-refractivity contribution in [2.24, 2.45) is 0 Å². The molecule has 0 radical (unpaired) electrons. The molecule has 0 bridgehead atoms. The Morgan fingerprint density at radius 1 is 0.964 bits per heavy atom. The van der Waals surface area contributed by atoms with Crippen LogP contribution in [0.1, 0.15) is 0 Å². The largest absolute Gasteiger partial charge is 0.379 e. The normalized spacial score (nSPS) is 18.6. The van der Waals surface area contributed by atoms with Crippen LogP contribution < -0.4 is 4.90 Å². The molecule has 1 aromatic rings. The van der Waals surface area contributed by atoms with Crippen LogP contribution in [0, 0.1) is 0 Å². The van der Waals surface area contributed by atoms with Crippen molar-refractivity contribution in [2.75, 3.05) is 77.0 Å². The van der Waals surface area contributed by atoms with Crippen LogP contribution in [0.25, 0.3) is 0 Å². The number of anilines is 1. The Morgan fingerprint density at radius 3 is 2.25 bits per heavy atom. The molecular formula is C21H30N4O3. The van der Waals surface area contributed by atoms with Crippen LogP contribution in [0.5, 0.6) is 0 Å². The van der Waals surface area contributed by atoms with Gasteiger partial charge in [0.2, 0.25) is 11.8 Å². The second-order valence-corrected chi connectivity index (χ2v) is 7.17. The first-order chi connectivity index (χ1) is 13.7. The van der Waals surface area contributed by atoms with Gasteiger partial charge in [0, 0.05) is 51.5 Å². The Bertz CT molecular complexity index is 653. The van der Waals surface area contributed by atoms with Gasteiger partial charge >= 0.3 is 0 Å². The summed E-state index contributed by atoms with van der Waals surface area (Å²) in [6, 6.07) is 9.66. The minimum atomic E-state index is 0.0548. The molecule has 3 rings (SSSR count). The Kier molecular flexibility index (Phi) is 7.59. The van der Waals surface area contributed by atoms with Gasteiger partial charge in [-0.05, 0) is 12.1 Å². The van der Waals surface area contributed by atoms with Crippen molar-refractivity contribution in [3.05, 3.63) is 43.0 Å². The van der Waals surface area contributed by atoms with Gasteiger partial charge in [-0.3, -0.25) is 19.4 Å². The summed E-state index contributed by atoms with van der Waals surface area (Å²) in [5, 5.41) is 0. The number of carbonyl (C=O) groups is 2. The van der Waals surface area contributed by atoms with E-state index >= 15 is 0 Å². The topological polar surface area (TPSA) is 56.3 Å². The van der Waals surface area contributed by atoms with Crippen LogP contribution in [0.3, 0.4) is 0 Å². The van der Waals surface area contributed by atoms with Gasteiger partial charge in [0.1, 0.15) is 0 Å². The minimum Gasteiger partial charge on any atom is -0.379 e. The van der Waals surface area contributed by atoms with Crippen LogP contribution in [-0.4, -0.2) is 98.6 Å². The lowest BCUT2D eigenvalue weighted by molar-refractivity contribution is -0.135. The molecule has 2 amide bonds. The maximum absolute atomic E-state index is 12.8. The zero-order valence-electron chi connectivity index (χ0n) is 16.5. The van der Waals surface area contributed by atoms with Gasteiger partial charge in [-0.2, -0.15) is 0 Å². The third-order valence-electron chi connectivity index (χ3n) is 5.23. The molecule has 152 valence electrons. The number of carbonyl (C=O) groups excluding carboxylic acids is 2. The fraction of sp³-hybridized carbons (Fsp3) is 0.524. The van der Waals surface area contributed by atoms with E-state index in [1.165, 1.54) is 0 Å². The number of benzene rings is 1. The van der Waals surface area contributed by atoms with Gasteiger partial charge in [0.25, 0.3) is 0 Å². The molecule has 2 heterocycles. The van der Waals surface area contributed by atoms with Gasteiger partial charge in [0.05, 0.1) is 26.3 Å². The van der Waals surface area contributed by atoms with Crippen LogP contribution in [0.2, 0.25) is 0 Å². The maximum Gasteiger partial charge on any atom is 0.241 e. The minimum absolute atomic E-state index is 0.0548. The fourth-order valence-electron chi connectivity index (χ4n) is 3.57. The van der Waals surface area contributed by atoms with E-state index < -0.39 is 0 Å². The van der Waals surface area contributed by atoms with E-state index in [0.29, 0.717) is 45.9 Å². The summed E-state index contributed by atoms with van der Waals surface area (Å²) in [5.74, 6) is 0.227. The summed E-state index contributed by atoms with van der Waals surface area (Å²) in [5.41, 5.74) is 0.881. The Labute approximate surface area is 167 Å². The SMILES string of the molecule is C=CCN(C(=O)CN1CCN(C(=O)CN2CCOCC2)CC1)c1ccccc1. The number of nitrogens with zero attached hydrogens (tertiary/aromatic N) is 4. The number of amides is 2. The van der Waals surface area contributed by atoms with Crippen molar-refractivity contribution in [1.29, 1.82) is 0 Å². The molecule has 2 saturated heterocycles. The van der Waals surface area contributed by atoms with Crippen molar-refractivity contribution < 1.29 is 14.3 Å². The van der Waals surface area contributed by atoms with Crippen molar-refractivity contribution in [3.8, 4) is 0 Å². The predicted molar refractivity (Wildman–Crippen MR) is 109 cm³/mol. The lowest BCUT2D eigenvalue weighted by atomic mass is 10.2.